The van der Waals surface area contributed by atoms with Crippen LogP contribution in [0.25, 0.3) is 0 Å². The predicted octanol–water partition coefficient (Wildman–Crippen LogP) is 2.32. The van der Waals surface area contributed by atoms with Crippen molar-refractivity contribution < 1.29 is 9.53 Å². The average molecular weight is 288 g/mol. The maximum atomic E-state index is 12.1. The topological polar surface area (TPSA) is 41.6 Å². The lowest BCUT2D eigenvalue weighted by Crippen LogP contribution is -2.30. The molecular formula is C17H24N2O2. The molecule has 1 atom stereocenters. The van der Waals surface area contributed by atoms with Gasteiger partial charge in [-0.3, -0.25) is 4.79 Å². The highest BCUT2D eigenvalue weighted by atomic mass is 16.5. The number of hydrogen-bond donors (Lipinski definition) is 1. The summed E-state index contributed by atoms with van der Waals surface area (Å²) >= 11 is 0. The maximum absolute atomic E-state index is 12.1. The largest absolute Gasteiger partial charge is 0.489 e. The van der Waals surface area contributed by atoms with E-state index >= 15 is 0 Å². The van der Waals surface area contributed by atoms with Gasteiger partial charge in [-0.2, -0.15) is 0 Å². The predicted molar refractivity (Wildman–Crippen MR) is 84.7 cm³/mol. The first kappa shape index (κ1) is 15.6. The van der Waals surface area contributed by atoms with Gasteiger partial charge in [0.2, 0.25) is 0 Å². The van der Waals surface area contributed by atoms with Crippen LogP contribution in [0.2, 0.25) is 0 Å². The number of rotatable bonds is 6. The van der Waals surface area contributed by atoms with Gasteiger partial charge < -0.3 is 15.0 Å². The van der Waals surface area contributed by atoms with Gasteiger partial charge >= 0.3 is 0 Å². The second-order valence-corrected chi connectivity index (χ2v) is 5.90. The van der Waals surface area contributed by atoms with Gasteiger partial charge in [-0.25, -0.2) is 0 Å². The third kappa shape index (κ3) is 4.90. The SMILES string of the molecule is C=C(C)COc1ccc(C(=O)NC[C@H]2CCN(C)C2)cc1. The van der Waals surface area contributed by atoms with Crippen molar-refractivity contribution in [1.29, 1.82) is 0 Å². The third-order valence-electron chi connectivity index (χ3n) is 3.64. The van der Waals surface area contributed by atoms with Gasteiger partial charge in [0.1, 0.15) is 12.4 Å². The lowest BCUT2D eigenvalue weighted by Gasteiger charge is -2.12. The average Bonchev–Trinajstić information content (AvgIpc) is 2.89. The van der Waals surface area contributed by atoms with Crippen molar-refractivity contribution >= 4 is 5.91 Å². The molecule has 0 bridgehead atoms. The first-order valence-electron chi connectivity index (χ1n) is 7.38. The summed E-state index contributed by atoms with van der Waals surface area (Å²) in [7, 11) is 2.12. The molecule has 1 aliphatic heterocycles. The van der Waals surface area contributed by atoms with Crippen LogP contribution in [0, 0.1) is 5.92 Å². The lowest BCUT2D eigenvalue weighted by molar-refractivity contribution is 0.0947. The number of carbonyl (C=O) groups is 1. The third-order valence-corrected chi connectivity index (χ3v) is 3.64. The van der Waals surface area contributed by atoms with Crippen LogP contribution in [0.3, 0.4) is 0 Å². The molecule has 1 fully saturated rings. The molecule has 0 aliphatic carbocycles. The summed E-state index contributed by atoms with van der Waals surface area (Å²) in [5.41, 5.74) is 1.64. The van der Waals surface area contributed by atoms with E-state index in [0.29, 0.717) is 18.1 Å². The van der Waals surface area contributed by atoms with Crippen LogP contribution in [-0.2, 0) is 0 Å². The molecule has 1 amide bonds. The van der Waals surface area contributed by atoms with Crippen LogP contribution >= 0.6 is 0 Å². The Kier molecular flexibility index (Phi) is 5.39. The highest BCUT2D eigenvalue weighted by Gasteiger charge is 2.19. The van der Waals surface area contributed by atoms with Crippen LogP contribution in [0.15, 0.2) is 36.4 Å². The first-order chi connectivity index (χ1) is 10.0. The minimum atomic E-state index is -0.0176. The molecule has 2 rings (SSSR count). The fraction of sp³-hybridized carbons (Fsp3) is 0.471. The number of amides is 1. The fourth-order valence-electron chi connectivity index (χ4n) is 2.44. The van der Waals surface area contributed by atoms with Crippen LogP contribution in [0.4, 0.5) is 0 Å². The van der Waals surface area contributed by atoms with Gasteiger partial charge in [-0.1, -0.05) is 6.58 Å². The Labute approximate surface area is 126 Å². The van der Waals surface area contributed by atoms with Crippen molar-refractivity contribution in [2.45, 2.75) is 13.3 Å². The quantitative estimate of drug-likeness (QED) is 0.817. The molecule has 1 N–H and O–H groups in total. The monoisotopic (exact) mass is 288 g/mol. The molecule has 0 spiro atoms. The minimum absolute atomic E-state index is 0.0176. The molecule has 114 valence electrons. The molecule has 1 aliphatic rings. The zero-order chi connectivity index (χ0) is 15.2. The van der Waals surface area contributed by atoms with E-state index < -0.39 is 0 Å². The standard InChI is InChI=1S/C17H24N2O2/c1-13(2)12-21-16-6-4-15(5-7-16)17(20)18-10-14-8-9-19(3)11-14/h4-7,14H,1,8-12H2,2-3H3,(H,18,20)/t14-/m1/s1. The Morgan fingerprint density at radius 1 is 1.43 bits per heavy atom. The second-order valence-electron chi connectivity index (χ2n) is 5.90. The second kappa shape index (κ2) is 7.27. The zero-order valence-corrected chi connectivity index (χ0v) is 12.9. The van der Waals surface area contributed by atoms with Gasteiger partial charge in [-0.15, -0.1) is 0 Å². The van der Waals surface area contributed by atoms with Crippen molar-refractivity contribution in [3.05, 3.63) is 42.0 Å². The summed E-state index contributed by atoms with van der Waals surface area (Å²) in [5, 5.41) is 3.01. The van der Waals surface area contributed by atoms with E-state index in [1.165, 1.54) is 0 Å². The summed E-state index contributed by atoms with van der Waals surface area (Å²) in [6.45, 7) is 9.14. The summed E-state index contributed by atoms with van der Waals surface area (Å²) in [5.74, 6) is 1.31. The van der Waals surface area contributed by atoms with Crippen molar-refractivity contribution in [1.82, 2.24) is 10.2 Å². The van der Waals surface area contributed by atoms with Crippen LogP contribution in [0.5, 0.6) is 5.75 Å². The Balaban J connectivity index is 1.80. The van der Waals surface area contributed by atoms with Crippen molar-refractivity contribution in [3.63, 3.8) is 0 Å². The summed E-state index contributed by atoms with van der Waals surface area (Å²) in [6, 6.07) is 7.23. The van der Waals surface area contributed by atoms with E-state index in [-0.39, 0.29) is 5.91 Å². The molecule has 4 heteroatoms. The van der Waals surface area contributed by atoms with Gasteiger partial charge in [-0.05, 0) is 62.7 Å². The number of likely N-dealkylation sites (tertiary alicyclic amines) is 1. The van der Waals surface area contributed by atoms with E-state index in [2.05, 4.69) is 23.8 Å². The number of benzene rings is 1. The Morgan fingerprint density at radius 2 is 2.14 bits per heavy atom. The zero-order valence-electron chi connectivity index (χ0n) is 12.9. The van der Waals surface area contributed by atoms with E-state index in [4.69, 9.17) is 4.74 Å². The molecule has 1 heterocycles. The molecule has 0 aromatic heterocycles. The van der Waals surface area contributed by atoms with Crippen LogP contribution in [0.1, 0.15) is 23.7 Å². The number of ether oxygens (including phenoxy) is 1. The first-order valence-corrected chi connectivity index (χ1v) is 7.38. The summed E-state index contributed by atoms with van der Waals surface area (Å²) in [6.07, 6.45) is 1.16. The van der Waals surface area contributed by atoms with Gasteiger partial charge in [0.05, 0.1) is 0 Å². The maximum Gasteiger partial charge on any atom is 0.251 e. The fourth-order valence-corrected chi connectivity index (χ4v) is 2.44. The van der Waals surface area contributed by atoms with Gasteiger partial charge in [0.15, 0.2) is 0 Å². The molecule has 1 aromatic carbocycles. The van der Waals surface area contributed by atoms with Crippen LogP contribution in [-0.4, -0.2) is 44.1 Å². The summed E-state index contributed by atoms with van der Waals surface area (Å²) in [4.78, 5) is 14.4. The van der Waals surface area contributed by atoms with Crippen molar-refractivity contribution in [3.8, 4) is 5.75 Å². The highest BCUT2D eigenvalue weighted by molar-refractivity contribution is 5.94. The highest BCUT2D eigenvalue weighted by Crippen LogP contribution is 2.15. The van der Waals surface area contributed by atoms with Gasteiger partial charge in [0, 0.05) is 18.7 Å². The molecule has 21 heavy (non-hydrogen) atoms. The molecular weight excluding hydrogens is 264 g/mol. The Hall–Kier alpha value is -1.81. The van der Waals surface area contributed by atoms with Crippen molar-refractivity contribution in [2.24, 2.45) is 5.92 Å². The smallest absolute Gasteiger partial charge is 0.251 e. The van der Waals surface area contributed by atoms with Gasteiger partial charge in [0.25, 0.3) is 5.91 Å². The molecule has 4 nitrogen and oxygen atoms in total. The minimum Gasteiger partial charge on any atom is -0.489 e. The van der Waals surface area contributed by atoms with E-state index in [9.17, 15) is 4.79 Å². The number of hydrogen-bond acceptors (Lipinski definition) is 3. The number of carbonyl (C=O) groups excluding carboxylic acids is 1. The molecule has 1 aromatic rings. The molecule has 0 unspecified atom stereocenters. The van der Waals surface area contributed by atoms with Crippen molar-refractivity contribution in [2.75, 3.05) is 33.3 Å². The molecule has 1 saturated heterocycles. The molecule has 0 saturated carbocycles. The Bertz CT molecular complexity index is 496. The van der Waals surface area contributed by atoms with E-state index in [0.717, 1.165) is 37.4 Å². The number of nitrogens with one attached hydrogen (secondary N) is 1. The molecule has 0 radical (unpaired) electrons. The van der Waals surface area contributed by atoms with Crippen LogP contribution < -0.4 is 10.1 Å². The lowest BCUT2D eigenvalue weighted by atomic mass is 10.1. The van der Waals surface area contributed by atoms with E-state index in [1.54, 1.807) is 12.1 Å². The number of nitrogens with zero attached hydrogens (tertiary/aromatic N) is 1. The normalized spacial score (nSPS) is 18.5. The van der Waals surface area contributed by atoms with E-state index in [1.807, 2.05) is 19.1 Å². The summed E-state index contributed by atoms with van der Waals surface area (Å²) < 4.78 is 5.52. The Morgan fingerprint density at radius 3 is 2.71 bits per heavy atom.